The van der Waals surface area contributed by atoms with Crippen molar-refractivity contribution < 1.29 is 24.3 Å². The standard InChI is InChI=1S/C15H29N5O5/c1-9(2)13(15(25)19-8-12(22)23)20-11(21)7-18-14(24)10(17)5-3-4-6-16/h9-10,13H,3-8,16-17H2,1-2H3,(H,18,24)(H,19,25)(H,20,21)(H,22,23). The topological polar surface area (TPSA) is 177 Å². The van der Waals surface area contributed by atoms with Gasteiger partial charge in [0.25, 0.3) is 0 Å². The smallest absolute Gasteiger partial charge is 0.322 e. The Bertz CT molecular complexity index is 469. The number of carboxylic acids is 1. The van der Waals surface area contributed by atoms with E-state index in [1.54, 1.807) is 13.8 Å². The molecule has 0 aliphatic rings. The van der Waals surface area contributed by atoms with E-state index in [2.05, 4.69) is 16.0 Å². The first-order valence-corrected chi connectivity index (χ1v) is 8.21. The summed E-state index contributed by atoms with van der Waals surface area (Å²) in [7, 11) is 0. The average molecular weight is 359 g/mol. The molecule has 8 N–H and O–H groups in total. The predicted molar refractivity (Wildman–Crippen MR) is 91.3 cm³/mol. The van der Waals surface area contributed by atoms with Crippen molar-refractivity contribution in [1.82, 2.24) is 16.0 Å². The number of carbonyl (C=O) groups is 4. The van der Waals surface area contributed by atoms with Gasteiger partial charge in [0.15, 0.2) is 0 Å². The average Bonchev–Trinajstić information content (AvgIpc) is 2.55. The van der Waals surface area contributed by atoms with Crippen molar-refractivity contribution >= 4 is 23.7 Å². The van der Waals surface area contributed by atoms with Crippen molar-refractivity contribution in [2.45, 2.75) is 45.2 Å². The number of hydrogen-bond acceptors (Lipinski definition) is 6. The Labute approximate surface area is 147 Å². The maximum absolute atomic E-state index is 11.9. The zero-order valence-electron chi connectivity index (χ0n) is 14.7. The van der Waals surface area contributed by atoms with Crippen LogP contribution in [0.5, 0.6) is 0 Å². The van der Waals surface area contributed by atoms with Gasteiger partial charge in [0.05, 0.1) is 12.6 Å². The van der Waals surface area contributed by atoms with E-state index in [1.807, 2.05) is 0 Å². The number of nitrogens with two attached hydrogens (primary N) is 2. The lowest BCUT2D eigenvalue weighted by molar-refractivity contribution is -0.138. The molecule has 0 radical (unpaired) electrons. The minimum absolute atomic E-state index is 0.257. The van der Waals surface area contributed by atoms with Crippen molar-refractivity contribution in [3.8, 4) is 0 Å². The number of carbonyl (C=O) groups excluding carboxylic acids is 3. The van der Waals surface area contributed by atoms with Gasteiger partial charge in [-0.25, -0.2) is 0 Å². The van der Waals surface area contributed by atoms with Crippen molar-refractivity contribution in [3.05, 3.63) is 0 Å². The van der Waals surface area contributed by atoms with Gasteiger partial charge < -0.3 is 32.5 Å². The quantitative estimate of drug-likeness (QED) is 0.216. The molecule has 0 saturated carbocycles. The van der Waals surface area contributed by atoms with Gasteiger partial charge >= 0.3 is 5.97 Å². The van der Waals surface area contributed by atoms with Gasteiger partial charge in [0, 0.05) is 0 Å². The van der Waals surface area contributed by atoms with Crippen molar-refractivity contribution in [2.75, 3.05) is 19.6 Å². The van der Waals surface area contributed by atoms with Crippen LogP contribution in [0.4, 0.5) is 0 Å². The lowest BCUT2D eigenvalue weighted by Crippen LogP contribution is -2.53. The van der Waals surface area contributed by atoms with Crippen LogP contribution in [0.3, 0.4) is 0 Å². The minimum Gasteiger partial charge on any atom is -0.480 e. The number of aliphatic carboxylic acids is 1. The summed E-state index contributed by atoms with van der Waals surface area (Å²) in [5.41, 5.74) is 11.1. The van der Waals surface area contributed by atoms with Gasteiger partial charge in [-0.1, -0.05) is 20.3 Å². The number of hydrogen-bond donors (Lipinski definition) is 6. The van der Waals surface area contributed by atoms with E-state index >= 15 is 0 Å². The summed E-state index contributed by atoms with van der Waals surface area (Å²) < 4.78 is 0. The fourth-order valence-corrected chi connectivity index (χ4v) is 1.97. The summed E-state index contributed by atoms with van der Waals surface area (Å²) in [5.74, 6) is -3.06. The van der Waals surface area contributed by atoms with Gasteiger partial charge in [0.2, 0.25) is 17.7 Å². The maximum Gasteiger partial charge on any atom is 0.322 e. The first-order chi connectivity index (χ1) is 11.7. The summed E-state index contributed by atoms with van der Waals surface area (Å²) in [5, 5.41) is 15.7. The molecule has 0 heterocycles. The van der Waals surface area contributed by atoms with Crippen molar-refractivity contribution in [1.29, 1.82) is 0 Å². The Balaban J connectivity index is 4.36. The second-order valence-electron chi connectivity index (χ2n) is 6.01. The van der Waals surface area contributed by atoms with E-state index in [9.17, 15) is 19.2 Å². The number of rotatable bonds is 12. The first-order valence-electron chi connectivity index (χ1n) is 8.21. The van der Waals surface area contributed by atoms with Crippen LogP contribution in [-0.2, 0) is 19.2 Å². The fraction of sp³-hybridized carbons (Fsp3) is 0.733. The Kier molecular flexibility index (Phi) is 11.1. The molecule has 3 amide bonds. The Morgan fingerprint density at radius 2 is 1.60 bits per heavy atom. The lowest BCUT2D eigenvalue weighted by atomic mass is 10.0. The molecule has 0 fully saturated rings. The molecule has 144 valence electrons. The third-order valence-electron chi connectivity index (χ3n) is 3.41. The summed E-state index contributed by atoms with van der Waals surface area (Å²) in [6.45, 7) is 3.08. The van der Waals surface area contributed by atoms with Gasteiger partial charge in [0.1, 0.15) is 12.6 Å². The van der Waals surface area contributed by atoms with Crippen LogP contribution < -0.4 is 27.4 Å². The molecule has 0 aliphatic heterocycles. The van der Waals surface area contributed by atoms with Gasteiger partial charge in [-0.3, -0.25) is 19.2 Å². The zero-order valence-corrected chi connectivity index (χ0v) is 14.7. The molecule has 0 rings (SSSR count). The van der Waals surface area contributed by atoms with Crippen LogP contribution in [0.25, 0.3) is 0 Å². The van der Waals surface area contributed by atoms with Crippen LogP contribution in [0.15, 0.2) is 0 Å². The summed E-state index contributed by atoms with van der Waals surface area (Å²) in [6.07, 6.45) is 1.95. The molecular weight excluding hydrogens is 330 g/mol. The monoisotopic (exact) mass is 359 g/mol. The molecule has 2 unspecified atom stereocenters. The summed E-state index contributed by atoms with van der Waals surface area (Å²) in [4.78, 5) is 46.1. The van der Waals surface area contributed by atoms with Crippen LogP contribution in [0, 0.1) is 5.92 Å². The zero-order chi connectivity index (χ0) is 19.4. The minimum atomic E-state index is -1.18. The van der Waals surface area contributed by atoms with Gasteiger partial charge in [-0.2, -0.15) is 0 Å². The van der Waals surface area contributed by atoms with Gasteiger partial charge in [-0.05, 0) is 25.3 Å². The van der Waals surface area contributed by atoms with Crippen LogP contribution in [0.1, 0.15) is 33.1 Å². The second kappa shape index (κ2) is 12.2. The van der Waals surface area contributed by atoms with E-state index < -0.39 is 42.3 Å². The molecule has 0 spiro atoms. The first kappa shape index (κ1) is 22.8. The summed E-state index contributed by atoms with van der Waals surface area (Å²) in [6, 6.07) is -1.62. The lowest BCUT2D eigenvalue weighted by Gasteiger charge is -2.21. The highest BCUT2D eigenvalue weighted by Crippen LogP contribution is 2.02. The molecule has 0 aromatic heterocycles. The summed E-state index contributed by atoms with van der Waals surface area (Å²) >= 11 is 0. The molecule has 10 nitrogen and oxygen atoms in total. The van der Waals surface area contributed by atoms with E-state index in [4.69, 9.17) is 16.6 Å². The second-order valence-corrected chi connectivity index (χ2v) is 6.01. The van der Waals surface area contributed by atoms with Crippen LogP contribution in [-0.4, -0.2) is 60.5 Å². The van der Waals surface area contributed by atoms with E-state index in [-0.39, 0.29) is 12.5 Å². The predicted octanol–water partition coefficient (Wildman–Crippen LogP) is -2.10. The van der Waals surface area contributed by atoms with E-state index in [0.29, 0.717) is 13.0 Å². The molecule has 0 aliphatic carbocycles. The molecule has 0 bridgehead atoms. The SMILES string of the molecule is CC(C)C(NC(=O)CNC(=O)C(N)CCCCN)C(=O)NCC(=O)O. The highest BCUT2D eigenvalue weighted by molar-refractivity contribution is 5.92. The number of nitrogens with one attached hydrogen (secondary N) is 3. The highest BCUT2D eigenvalue weighted by atomic mass is 16.4. The van der Waals surface area contributed by atoms with E-state index in [0.717, 1.165) is 12.8 Å². The third kappa shape index (κ3) is 10.3. The maximum atomic E-state index is 11.9. The normalized spacial score (nSPS) is 13.0. The molecule has 10 heteroatoms. The fourth-order valence-electron chi connectivity index (χ4n) is 1.97. The molecule has 0 saturated heterocycles. The molecular formula is C15H29N5O5. The number of unbranched alkanes of at least 4 members (excludes halogenated alkanes) is 1. The van der Waals surface area contributed by atoms with E-state index in [1.165, 1.54) is 0 Å². The largest absolute Gasteiger partial charge is 0.480 e. The highest BCUT2D eigenvalue weighted by Gasteiger charge is 2.24. The van der Waals surface area contributed by atoms with Crippen molar-refractivity contribution in [3.63, 3.8) is 0 Å². The van der Waals surface area contributed by atoms with Crippen LogP contribution in [0.2, 0.25) is 0 Å². The molecule has 25 heavy (non-hydrogen) atoms. The molecule has 0 aromatic rings. The van der Waals surface area contributed by atoms with Gasteiger partial charge in [-0.15, -0.1) is 0 Å². The Morgan fingerprint density at radius 3 is 2.12 bits per heavy atom. The number of carboxylic acid groups (broad SMARTS) is 1. The Morgan fingerprint density at radius 1 is 1.00 bits per heavy atom. The Hall–Kier alpha value is -2.20. The molecule has 2 atom stereocenters. The van der Waals surface area contributed by atoms with Crippen LogP contribution >= 0.6 is 0 Å². The molecule has 0 aromatic carbocycles. The number of amides is 3. The van der Waals surface area contributed by atoms with Crippen molar-refractivity contribution in [2.24, 2.45) is 17.4 Å². The third-order valence-corrected chi connectivity index (χ3v) is 3.41.